The second-order valence-corrected chi connectivity index (χ2v) is 5.81. The zero-order valence-corrected chi connectivity index (χ0v) is 14.7. The number of benzene rings is 2. The quantitative estimate of drug-likeness (QED) is 0.754. The van der Waals surface area contributed by atoms with Gasteiger partial charge in [-0.05, 0) is 36.4 Å². The number of hydrogen-bond acceptors (Lipinski definition) is 5. The topological polar surface area (TPSA) is 95.9 Å². The first-order chi connectivity index (χ1) is 12.4. The van der Waals surface area contributed by atoms with Gasteiger partial charge in [0, 0.05) is 7.05 Å². The number of esters is 1. The molecular weight excluding hydrogens is 360 g/mol. The van der Waals surface area contributed by atoms with Crippen LogP contribution >= 0.6 is 11.6 Å². The van der Waals surface area contributed by atoms with Gasteiger partial charge in [-0.15, -0.1) is 0 Å². The van der Waals surface area contributed by atoms with Crippen LogP contribution in [0.1, 0.15) is 10.4 Å². The molecule has 2 amide bonds. The largest absolute Gasteiger partial charge is 0.508 e. The summed E-state index contributed by atoms with van der Waals surface area (Å²) < 4.78 is 4.91. The number of likely N-dealkylation sites (N-methyl/N-ethyl adjacent to an activating group) is 1. The lowest BCUT2D eigenvalue weighted by molar-refractivity contribution is -0.136. The molecule has 0 saturated heterocycles. The molecule has 26 heavy (non-hydrogen) atoms. The van der Waals surface area contributed by atoms with E-state index in [1.807, 2.05) is 0 Å². The monoisotopic (exact) mass is 376 g/mol. The van der Waals surface area contributed by atoms with Crippen LogP contribution in [0.4, 0.5) is 5.69 Å². The standard InChI is InChI=1S/C18H17ClN2O5/c1-21(10-16(23)20-15-5-3-2-4-14(15)19)17(24)11-26-18(25)12-6-8-13(22)9-7-12/h2-9,22H,10-11H2,1H3,(H,20,23). The number of anilines is 1. The van der Waals surface area contributed by atoms with Crippen molar-refractivity contribution in [1.82, 2.24) is 4.90 Å². The van der Waals surface area contributed by atoms with Crippen LogP contribution in [0, 0.1) is 0 Å². The Bertz CT molecular complexity index is 807. The molecule has 2 N–H and O–H groups in total. The van der Waals surface area contributed by atoms with Gasteiger partial charge < -0.3 is 20.1 Å². The molecule has 0 atom stereocenters. The minimum atomic E-state index is -0.702. The first kappa shape index (κ1) is 19.3. The van der Waals surface area contributed by atoms with Crippen molar-refractivity contribution in [2.75, 3.05) is 25.5 Å². The van der Waals surface area contributed by atoms with Crippen LogP contribution in [0.15, 0.2) is 48.5 Å². The molecule has 0 unspecified atom stereocenters. The molecule has 0 spiro atoms. The molecule has 2 rings (SSSR count). The molecule has 8 heteroatoms. The highest BCUT2D eigenvalue weighted by atomic mass is 35.5. The first-order valence-corrected chi connectivity index (χ1v) is 7.99. The predicted molar refractivity (Wildman–Crippen MR) is 96.1 cm³/mol. The summed E-state index contributed by atoms with van der Waals surface area (Å²) in [6, 6.07) is 12.2. The van der Waals surface area contributed by atoms with E-state index in [1.54, 1.807) is 24.3 Å². The normalized spacial score (nSPS) is 10.1. The zero-order valence-electron chi connectivity index (χ0n) is 13.9. The van der Waals surface area contributed by atoms with Crippen molar-refractivity contribution in [1.29, 1.82) is 0 Å². The predicted octanol–water partition coefficient (Wildman–Crippen LogP) is 2.30. The summed E-state index contributed by atoms with van der Waals surface area (Å²) in [4.78, 5) is 36.9. The van der Waals surface area contributed by atoms with E-state index in [0.29, 0.717) is 10.7 Å². The summed E-state index contributed by atoms with van der Waals surface area (Å²) >= 11 is 5.95. The van der Waals surface area contributed by atoms with Crippen molar-refractivity contribution in [2.24, 2.45) is 0 Å². The Labute approximate surface area is 155 Å². The summed E-state index contributed by atoms with van der Waals surface area (Å²) in [5.41, 5.74) is 0.647. The lowest BCUT2D eigenvalue weighted by atomic mass is 10.2. The fraction of sp³-hybridized carbons (Fsp3) is 0.167. The highest BCUT2D eigenvalue weighted by molar-refractivity contribution is 6.33. The van der Waals surface area contributed by atoms with Gasteiger partial charge in [0.25, 0.3) is 5.91 Å². The number of hydrogen-bond donors (Lipinski definition) is 2. The van der Waals surface area contributed by atoms with Gasteiger partial charge in [-0.25, -0.2) is 4.79 Å². The minimum absolute atomic E-state index is 0.0156. The molecule has 2 aromatic rings. The second kappa shape index (κ2) is 8.87. The van der Waals surface area contributed by atoms with Gasteiger partial charge in [-0.1, -0.05) is 23.7 Å². The van der Waals surface area contributed by atoms with Crippen LogP contribution in [0.3, 0.4) is 0 Å². The molecule has 136 valence electrons. The van der Waals surface area contributed by atoms with Gasteiger partial charge in [0.05, 0.1) is 22.8 Å². The van der Waals surface area contributed by atoms with E-state index in [2.05, 4.69) is 5.32 Å². The molecule has 0 radical (unpaired) electrons. The maximum atomic E-state index is 12.0. The number of halogens is 1. The number of rotatable bonds is 6. The van der Waals surface area contributed by atoms with Gasteiger partial charge in [0.2, 0.25) is 5.91 Å². The number of carbonyl (C=O) groups excluding carboxylic acids is 3. The summed E-state index contributed by atoms with van der Waals surface area (Å²) in [6.07, 6.45) is 0. The fourth-order valence-corrected chi connectivity index (χ4v) is 2.16. The number of amides is 2. The van der Waals surface area contributed by atoms with Crippen molar-refractivity contribution in [3.8, 4) is 5.75 Å². The molecule has 7 nitrogen and oxygen atoms in total. The van der Waals surface area contributed by atoms with Crippen LogP contribution in [-0.4, -0.2) is 48.0 Å². The lowest BCUT2D eigenvalue weighted by Gasteiger charge is -2.17. The van der Waals surface area contributed by atoms with Crippen LogP contribution in [-0.2, 0) is 14.3 Å². The maximum Gasteiger partial charge on any atom is 0.338 e. The number of carbonyl (C=O) groups is 3. The van der Waals surface area contributed by atoms with Crippen LogP contribution in [0.2, 0.25) is 5.02 Å². The number of nitrogens with one attached hydrogen (secondary N) is 1. The number of para-hydroxylation sites is 1. The van der Waals surface area contributed by atoms with Crippen molar-refractivity contribution in [3.63, 3.8) is 0 Å². The maximum absolute atomic E-state index is 12.0. The van der Waals surface area contributed by atoms with E-state index in [4.69, 9.17) is 16.3 Å². The summed E-state index contributed by atoms with van der Waals surface area (Å²) in [6.45, 7) is -0.726. The van der Waals surface area contributed by atoms with Crippen LogP contribution in [0.25, 0.3) is 0 Å². The highest BCUT2D eigenvalue weighted by Crippen LogP contribution is 2.20. The third kappa shape index (κ3) is 5.49. The molecule has 0 bridgehead atoms. The molecule has 0 fully saturated rings. The van der Waals surface area contributed by atoms with E-state index >= 15 is 0 Å². The summed E-state index contributed by atoms with van der Waals surface area (Å²) in [5, 5.41) is 12.2. The number of aromatic hydroxyl groups is 1. The zero-order chi connectivity index (χ0) is 19.1. The smallest absolute Gasteiger partial charge is 0.338 e. The molecule has 0 aliphatic carbocycles. The van der Waals surface area contributed by atoms with Crippen LogP contribution < -0.4 is 5.32 Å². The Hall–Kier alpha value is -3.06. The fourth-order valence-electron chi connectivity index (χ4n) is 1.97. The van der Waals surface area contributed by atoms with Crippen LogP contribution in [0.5, 0.6) is 5.75 Å². The second-order valence-electron chi connectivity index (χ2n) is 5.40. The van der Waals surface area contributed by atoms with E-state index in [-0.39, 0.29) is 17.9 Å². The Kier molecular flexibility index (Phi) is 6.57. The summed E-state index contributed by atoms with van der Waals surface area (Å²) in [7, 11) is 1.42. The molecular formula is C18H17ClN2O5. The van der Waals surface area contributed by atoms with E-state index in [9.17, 15) is 19.5 Å². The van der Waals surface area contributed by atoms with E-state index in [0.717, 1.165) is 4.90 Å². The Balaban J connectivity index is 1.81. The van der Waals surface area contributed by atoms with Gasteiger partial charge in [0.1, 0.15) is 5.75 Å². The summed E-state index contributed by atoms with van der Waals surface area (Å²) in [5.74, 6) is -1.65. The number of phenolic OH excluding ortho intramolecular Hbond substituents is 1. The Morgan fingerprint density at radius 3 is 2.42 bits per heavy atom. The van der Waals surface area contributed by atoms with E-state index < -0.39 is 24.4 Å². The van der Waals surface area contributed by atoms with E-state index in [1.165, 1.54) is 31.3 Å². The van der Waals surface area contributed by atoms with Gasteiger partial charge in [-0.3, -0.25) is 9.59 Å². The molecule has 0 aliphatic heterocycles. The molecule has 2 aromatic carbocycles. The minimum Gasteiger partial charge on any atom is -0.508 e. The Morgan fingerprint density at radius 2 is 1.77 bits per heavy atom. The average molecular weight is 377 g/mol. The van der Waals surface area contributed by atoms with Gasteiger partial charge in [0.15, 0.2) is 6.61 Å². The van der Waals surface area contributed by atoms with Gasteiger partial charge in [-0.2, -0.15) is 0 Å². The molecule has 0 heterocycles. The number of nitrogens with zero attached hydrogens (tertiary/aromatic N) is 1. The molecule has 0 saturated carbocycles. The van der Waals surface area contributed by atoms with Crippen molar-refractivity contribution >= 4 is 35.1 Å². The van der Waals surface area contributed by atoms with Gasteiger partial charge >= 0.3 is 5.97 Å². The van der Waals surface area contributed by atoms with Crippen molar-refractivity contribution < 1.29 is 24.2 Å². The number of ether oxygens (including phenoxy) is 1. The first-order valence-electron chi connectivity index (χ1n) is 7.61. The van der Waals surface area contributed by atoms with Crippen molar-refractivity contribution in [3.05, 3.63) is 59.1 Å². The third-order valence-corrected chi connectivity index (χ3v) is 3.71. The Morgan fingerprint density at radius 1 is 1.12 bits per heavy atom. The average Bonchev–Trinajstić information content (AvgIpc) is 2.61. The number of phenols is 1. The third-order valence-electron chi connectivity index (χ3n) is 3.38. The lowest BCUT2D eigenvalue weighted by Crippen LogP contribution is -2.37. The highest BCUT2D eigenvalue weighted by Gasteiger charge is 2.16. The van der Waals surface area contributed by atoms with Crippen molar-refractivity contribution in [2.45, 2.75) is 0 Å². The molecule has 0 aliphatic rings. The molecule has 0 aromatic heterocycles. The SMILES string of the molecule is CN(CC(=O)Nc1ccccc1Cl)C(=O)COC(=O)c1ccc(O)cc1.